The third kappa shape index (κ3) is 3.37. The Bertz CT molecular complexity index is 432. The van der Waals surface area contributed by atoms with Gasteiger partial charge in [0.05, 0.1) is 6.61 Å². The molecule has 2 rings (SSSR count). The van der Waals surface area contributed by atoms with Crippen molar-refractivity contribution in [2.45, 2.75) is 33.2 Å². The van der Waals surface area contributed by atoms with Gasteiger partial charge in [-0.15, -0.1) is 0 Å². The van der Waals surface area contributed by atoms with Gasteiger partial charge in [0.1, 0.15) is 5.75 Å². The average molecular weight is 277 g/mol. The topological polar surface area (TPSA) is 41.7 Å². The van der Waals surface area contributed by atoms with Gasteiger partial charge < -0.3 is 15.4 Å². The van der Waals surface area contributed by atoms with Crippen LogP contribution in [-0.2, 0) is 0 Å². The fourth-order valence-electron chi connectivity index (χ4n) is 3.05. The molecule has 1 heterocycles. The van der Waals surface area contributed by atoms with E-state index in [4.69, 9.17) is 10.5 Å². The molecule has 2 N–H and O–H groups in total. The van der Waals surface area contributed by atoms with Crippen LogP contribution in [0, 0.1) is 0 Å². The molecule has 0 radical (unpaired) electrons. The first-order valence-corrected chi connectivity index (χ1v) is 7.70. The van der Waals surface area contributed by atoms with Crippen LogP contribution in [0.5, 0.6) is 5.75 Å². The van der Waals surface area contributed by atoms with Gasteiger partial charge in [0.2, 0.25) is 0 Å². The molecule has 1 aliphatic rings. The first-order chi connectivity index (χ1) is 9.67. The maximum absolute atomic E-state index is 5.99. The molecule has 0 aliphatic carbocycles. The van der Waals surface area contributed by atoms with E-state index in [9.17, 15) is 0 Å². The lowest BCUT2D eigenvalue weighted by molar-refractivity contribution is 0.232. The zero-order valence-electron chi connectivity index (χ0n) is 12.9. The van der Waals surface area contributed by atoms with Crippen LogP contribution in [0.15, 0.2) is 18.2 Å². The molecule has 0 saturated carbocycles. The summed E-state index contributed by atoms with van der Waals surface area (Å²) in [6, 6.07) is 6.70. The Hall–Kier alpha value is -1.42. The molecular formula is C16H27N3O. The molecule has 4 nitrogen and oxygen atoms in total. The highest BCUT2D eigenvalue weighted by molar-refractivity contribution is 5.61. The van der Waals surface area contributed by atoms with Crippen molar-refractivity contribution in [3.05, 3.63) is 18.2 Å². The van der Waals surface area contributed by atoms with E-state index in [1.165, 1.54) is 12.1 Å². The van der Waals surface area contributed by atoms with Gasteiger partial charge in [0.25, 0.3) is 0 Å². The lowest BCUT2D eigenvalue weighted by Gasteiger charge is -2.27. The summed E-state index contributed by atoms with van der Waals surface area (Å²) in [6.45, 7) is 11.6. The van der Waals surface area contributed by atoms with E-state index in [-0.39, 0.29) is 0 Å². The van der Waals surface area contributed by atoms with E-state index in [0.29, 0.717) is 12.6 Å². The van der Waals surface area contributed by atoms with E-state index in [2.05, 4.69) is 29.7 Å². The van der Waals surface area contributed by atoms with E-state index in [1.54, 1.807) is 0 Å². The Labute approximate surface area is 122 Å². The molecule has 1 saturated heterocycles. The van der Waals surface area contributed by atoms with Crippen molar-refractivity contribution in [2.24, 2.45) is 0 Å². The Kier molecular flexibility index (Phi) is 5.12. The lowest BCUT2D eigenvalue weighted by Crippen LogP contribution is -2.37. The Balaban J connectivity index is 2.09. The standard InChI is InChI=1S/C16H27N3O/c1-4-18(5-2)14-7-8-19(12-14)15-9-13(17)10-16(11-15)20-6-3/h9-11,14H,4-8,12,17H2,1-3H3. The molecule has 0 amide bonds. The molecular weight excluding hydrogens is 250 g/mol. The first-order valence-electron chi connectivity index (χ1n) is 7.70. The SMILES string of the molecule is CCOc1cc(N)cc(N2CCC(N(CC)CC)C2)c1. The zero-order chi connectivity index (χ0) is 14.5. The van der Waals surface area contributed by atoms with Gasteiger partial charge in [-0.05, 0) is 32.5 Å². The van der Waals surface area contributed by atoms with Crippen LogP contribution >= 0.6 is 0 Å². The van der Waals surface area contributed by atoms with Crippen LogP contribution in [0.2, 0.25) is 0 Å². The van der Waals surface area contributed by atoms with E-state index in [1.807, 2.05) is 19.1 Å². The quantitative estimate of drug-likeness (QED) is 0.812. The summed E-state index contributed by atoms with van der Waals surface area (Å²) in [5.41, 5.74) is 7.95. The van der Waals surface area contributed by atoms with Crippen molar-refractivity contribution in [2.75, 3.05) is 43.4 Å². The molecule has 1 atom stereocenters. The van der Waals surface area contributed by atoms with E-state index < -0.39 is 0 Å². The summed E-state index contributed by atoms with van der Waals surface area (Å²) < 4.78 is 5.59. The molecule has 1 fully saturated rings. The van der Waals surface area contributed by atoms with Gasteiger partial charge in [-0.2, -0.15) is 0 Å². The summed E-state index contributed by atoms with van der Waals surface area (Å²) in [6.07, 6.45) is 1.22. The van der Waals surface area contributed by atoms with Gasteiger partial charge in [0.15, 0.2) is 0 Å². The van der Waals surface area contributed by atoms with Crippen molar-refractivity contribution in [1.29, 1.82) is 0 Å². The number of hydrogen-bond acceptors (Lipinski definition) is 4. The number of nitrogen functional groups attached to an aromatic ring is 1. The molecule has 0 aromatic heterocycles. The predicted molar refractivity (Wildman–Crippen MR) is 85.6 cm³/mol. The number of benzene rings is 1. The lowest BCUT2D eigenvalue weighted by atomic mass is 10.2. The van der Waals surface area contributed by atoms with Gasteiger partial charge >= 0.3 is 0 Å². The van der Waals surface area contributed by atoms with Crippen LogP contribution in [0.25, 0.3) is 0 Å². The Morgan fingerprint density at radius 1 is 1.25 bits per heavy atom. The third-order valence-corrected chi connectivity index (χ3v) is 4.08. The van der Waals surface area contributed by atoms with Crippen molar-refractivity contribution in [1.82, 2.24) is 4.90 Å². The number of ether oxygens (including phenoxy) is 1. The van der Waals surface area contributed by atoms with Gasteiger partial charge in [-0.3, -0.25) is 4.90 Å². The Morgan fingerprint density at radius 3 is 2.65 bits per heavy atom. The normalized spacial score (nSPS) is 18.8. The van der Waals surface area contributed by atoms with Gasteiger partial charge in [0, 0.05) is 42.6 Å². The molecule has 1 aliphatic heterocycles. The van der Waals surface area contributed by atoms with E-state index >= 15 is 0 Å². The Morgan fingerprint density at radius 2 is 2.00 bits per heavy atom. The summed E-state index contributed by atoms with van der Waals surface area (Å²) in [4.78, 5) is 4.96. The second kappa shape index (κ2) is 6.84. The monoisotopic (exact) mass is 277 g/mol. The van der Waals surface area contributed by atoms with Crippen molar-refractivity contribution in [3.63, 3.8) is 0 Å². The minimum absolute atomic E-state index is 0.655. The fourth-order valence-corrected chi connectivity index (χ4v) is 3.05. The number of nitrogens with zero attached hydrogens (tertiary/aromatic N) is 2. The predicted octanol–water partition coefficient (Wildman–Crippen LogP) is 2.59. The molecule has 20 heavy (non-hydrogen) atoms. The maximum atomic E-state index is 5.99. The highest BCUT2D eigenvalue weighted by atomic mass is 16.5. The summed E-state index contributed by atoms with van der Waals surface area (Å²) in [5, 5.41) is 0. The van der Waals surface area contributed by atoms with Crippen LogP contribution < -0.4 is 15.4 Å². The second-order valence-electron chi connectivity index (χ2n) is 5.30. The van der Waals surface area contributed by atoms with Crippen LogP contribution in [-0.4, -0.2) is 43.7 Å². The van der Waals surface area contributed by atoms with Gasteiger partial charge in [-0.1, -0.05) is 13.8 Å². The van der Waals surface area contributed by atoms with Crippen LogP contribution in [0.4, 0.5) is 11.4 Å². The summed E-state index contributed by atoms with van der Waals surface area (Å²) in [7, 11) is 0. The van der Waals surface area contributed by atoms with Crippen molar-refractivity contribution < 1.29 is 4.74 Å². The third-order valence-electron chi connectivity index (χ3n) is 4.08. The molecule has 1 aromatic rings. The fraction of sp³-hybridized carbons (Fsp3) is 0.625. The van der Waals surface area contributed by atoms with Crippen LogP contribution in [0.1, 0.15) is 27.2 Å². The number of hydrogen-bond donors (Lipinski definition) is 1. The molecule has 4 heteroatoms. The zero-order valence-corrected chi connectivity index (χ0v) is 12.9. The molecule has 0 bridgehead atoms. The highest BCUT2D eigenvalue weighted by Crippen LogP contribution is 2.29. The summed E-state index contributed by atoms with van der Waals surface area (Å²) >= 11 is 0. The van der Waals surface area contributed by atoms with Crippen molar-refractivity contribution in [3.8, 4) is 5.75 Å². The first kappa shape index (κ1) is 15.0. The molecule has 1 unspecified atom stereocenters. The number of likely N-dealkylation sites (N-methyl/N-ethyl adjacent to an activating group) is 1. The largest absolute Gasteiger partial charge is 0.494 e. The molecule has 1 aromatic carbocycles. The van der Waals surface area contributed by atoms with Crippen LogP contribution in [0.3, 0.4) is 0 Å². The highest BCUT2D eigenvalue weighted by Gasteiger charge is 2.26. The minimum Gasteiger partial charge on any atom is -0.494 e. The number of anilines is 2. The van der Waals surface area contributed by atoms with Gasteiger partial charge in [-0.25, -0.2) is 0 Å². The average Bonchev–Trinajstić information content (AvgIpc) is 2.90. The maximum Gasteiger partial charge on any atom is 0.123 e. The molecule has 112 valence electrons. The number of rotatable bonds is 6. The summed E-state index contributed by atoms with van der Waals surface area (Å²) in [5.74, 6) is 0.869. The van der Waals surface area contributed by atoms with Crippen molar-refractivity contribution >= 4 is 11.4 Å². The van der Waals surface area contributed by atoms with E-state index in [0.717, 1.165) is 37.6 Å². The molecule has 0 spiro atoms. The number of nitrogens with two attached hydrogens (primary N) is 1. The second-order valence-corrected chi connectivity index (χ2v) is 5.30. The smallest absolute Gasteiger partial charge is 0.123 e. The minimum atomic E-state index is 0.655.